The van der Waals surface area contributed by atoms with E-state index in [0.29, 0.717) is 39.3 Å². The predicted octanol–water partition coefficient (Wildman–Crippen LogP) is 4.63. The van der Waals surface area contributed by atoms with Crippen LogP contribution in [-0.4, -0.2) is 53.6 Å². The third-order valence-corrected chi connectivity index (χ3v) is 6.65. The molecule has 0 saturated carbocycles. The van der Waals surface area contributed by atoms with E-state index in [1.54, 1.807) is 0 Å². The molecule has 0 aliphatic heterocycles. The Kier molecular flexibility index (Phi) is 8.28. The number of nitrogens with one attached hydrogen (secondary N) is 1. The standard InChI is InChI=1S/C23H30ClN5O2S/c1-5-14-11-17(24)18(31-10-9-29(7-3)8-4)12-15(14)20-16-13-19(21(30)26-6-2)32-22(16)28-23(25)27-20/h11-13H,5-10H2,1-4H3,(H,26,30)(H2,25,27,28). The van der Waals surface area contributed by atoms with Crippen LogP contribution in [-0.2, 0) is 6.42 Å². The number of ether oxygens (including phenoxy) is 1. The average Bonchev–Trinajstić information content (AvgIpc) is 3.21. The van der Waals surface area contributed by atoms with E-state index in [-0.39, 0.29) is 11.9 Å². The van der Waals surface area contributed by atoms with Crippen LogP contribution >= 0.6 is 22.9 Å². The summed E-state index contributed by atoms with van der Waals surface area (Å²) in [7, 11) is 0. The second-order valence-electron chi connectivity index (χ2n) is 7.29. The van der Waals surface area contributed by atoms with Gasteiger partial charge in [0.1, 0.15) is 17.2 Å². The summed E-state index contributed by atoms with van der Waals surface area (Å²) in [6, 6.07) is 5.67. The van der Waals surface area contributed by atoms with Gasteiger partial charge in [0.25, 0.3) is 5.91 Å². The molecule has 3 N–H and O–H groups in total. The minimum absolute atomic E-state index is 0.132. The lowest BCUT2D eigenvalue weighted by molar-refractivity contribution is 0.0960. The Hall–Kier alpha value is -2.42. The number of carbonyl (C=O) groups excluding carboxylic acids is 1. The van der Waals surface area contributed by atoms with Gasteiger partial charge in [-0.1, -0.05) is 32.4 Å². The van der Waals surface area contributed by atoms with Crippen molar-refractivity contribution in [2.45, 2.75) is 34.1 Å². The van der Waals surface area contributed by atoms with E-state index in [0.717, 1.165) is 42.6 Å². The molecule has 9 heteroatoms. The Bertz CT molecular complexity index is 1100. The van der Waals surface area contributed by atoms with Crippen LogP contribution < -0.4 is 15.8 Å². The highest BCUT2D eigenvalue weighted by molar-refractivity contribution is 7.20. The maximum Gasteiger partial charge on any atom is 0.261 e. The summed E-state index contributed by atoms with van der Waals surface area (Å²) in [6.07, 6.45) is 0.757. The van der Waals surface area contributed by atoms with E-state index in [1.807, 2.05) is 25.1 Å². The fraction of sp³-hybridized carbons (Fsp3) is 0.435. The quantitative estimate of drug-likeness (QED) is 0.444. The van der Waals surface area contributed by atoms with Crippen LogP contribution in [0.25, 0.3) is 21.5 Å². The number of halogens is 1. The first-order valence-corrected chi connectivity index (χ1v) is 12.1. The van der Waals surface area contributed by atoms with Gasteiger partial charge in [0, 0.05) is 24.0 Å². The molecule has 0 atom stereocenters. The molecule has 0 bridgehead atoms. The molecule has 0 radical (unpaired) electrons. The summed E-state index contributed by atoms with van der Waals surface area (Å²) < 4.78 is 6.04. The van der Waals surface area contributed by atoms with Crippen LogP contribution in [0.2, 0.25) is 5.02 Å². The monoisotopic (exact) mass is 475 g/mol. The number of likely N-dealkylation sites (N-methyl/N-ethyl adjacent to an activating group) is 1. The van der Waals surface area contributed by atoms with Crippen molar-refractivity contribution < 1.29 is 9.53 Å². The summed E-state index contributed by atoms with van der Waals surface area (Å²) in [5.41, 5.74) is 8.62. The fourth-order valence-electron chi connectivity index (χ4n) is 3.55. The minimum atomic E-state index is -0.132. The van der Waals surface area contributed by atoms with Crippen molar-refractivity contribution in [3.05, 3.63) is 33.7 Å². The van der Waals surface area contributed by atoms with Gasteiger partial charge in [0.05, 0.1) is 15.6 Å². The largest absolute Gasteiger partial charge is 0.491 e. The molecular formula is C23H30ClN5O2S. The van der Waals surface area contributed by atoms with Gasteiger partial charge in [-0.2, -0.15) is 0 Å². The molecule has 2 heterocycles. The second kappa shape index (κ2) is 10.9. The number of anilines is 1. The van der Waals surface area contributed by atoms with Gasteiger partial charge in [-0.05, 0) is 50.2 Å². The van der Waals surface area contributed by atoms with Gasteiger partial charge < -0.3 is 20.7 Å². The highest BCUT2D eigenvalue weighted by atomic mass is 35.5. The minimum Gasteiger partial charge on any atom is -0.491 e. The van der Waals surface area contributed by atoms with Crippen molar-refractivity contribution in [2.24, 2.45) is 0 Å². The number of thiophene rings is 1. The first-order valence-electron chi connectivity index (χ1n) is 10.9. The van der Waals surface area contributed by atoms with Gasteiger partial charge >= 0.3 is 0 Å². The first kappa shape index (κ1) is 24.2. The molecule has 7 nitrogen and oxygen atoms in total. The number of nitrogens with two attached hydrogens (primary N) is 1. The summed E-state index contributed by atoms with van der Waals surface area (Å²) in [6.45, 7) is 12.1. The van der Waals surface area contributed by atoms with E-state index in [4.69, 9.17) is 22.1 Å². The van der Waals surface area contributed by atoms with Gasteiger partial charge in [-0.15, -0.1) is 11.3 Å². The fourth-order valence-corrected chi connectivity index (χ4v) is 4.74. The summed E-state index contributed by atoms with van der Waals surface area (Å²) in [4.78, 5) is 24.8. The number of aryl methyl sites for hydroxylation is 1. The molecule has 3 aromatic rings. The molecule has 3 rings (SSSR count). The number of rotatable bonds is 10. The molecule has 32 heavy (non-hydrogen) atoms. The van der Waals surface area contributed by atoms with E-state index in [2.05, 4.69) is 41.0 Å². The lowest BCUT2D eigenvalue weighted by Gasteiger charge is -2.19. The van der Waals surface area contributed by atoms with Crippen molar-refractivity contribution in [3.63, 3.8) is 0 Å². The van der Waals surface area contributed by atoms with E-state index >= 15 is 0 Å². The Balaban J connectivity index is 2.04. The first-order chi connectivity index (χ1) is 15.4. The van der Waals surface area contributed by atoms with Crippen LogP contribution in [0.3, 0.4) is 0 Å². The molecule has 0 aliphatic rings. The maximum atomic E-state index is 12.4. The number of benzene rings is 1. The normalized spacial score (nSPS) is 11.3. The number of amides is 1. The van der Waals surface area contributed by atoms with Crippen LogP contribution in [0.5, 0.6) is 5.75 Å². The van der Waals surface area contributed by atoms with Crippen molar-refractivity contribution in [3.8, 4) is 17.0 Å². The van der Waals surface area contributed by atoms with Crippen LogP contribution in [0.4, 0.5) is 5.95 Å². The third kappa shape index (κ3) is 5.31. The number of hydrogen-bond acceptors (Lipinski definition) is 7. The predicted molar refractivity (Wildman–Crippen MR) is 133 cm³/mol. The van der Waals surface area contributed by atoms with Crippen molar-refractivity contribution in [1.82, 2.24) is 20.2 Å². The van der Waals surface area contributed by atoms with Crippen LogP contribution in [0, 0.1) is 0 Å². The number of nitrogen functional groups attached to an aromatic ring is 1. The Morgan fingerprint density at radius 1 is 1.19 bits per heavy atom. The molecule has 0 aliphatic carbocycles. The molecule has 0 spiro atoms. The van der Waals surface area contributed by atoms with E-state index in [9.17, 15) is 4.79 Å². The molecule has 172 valence electrons. The molecule has 2 aromatic heterocycles. The Morgan fingerprint density at radius 3 is 2.59 bits per heavy atom. The molecule has 1 amide bonds. The van der Waals surface area contributed by atoms with Crippen molar-refractivity contribution in [1.29, 1.82) is 0 Å². The van der Waals surface area contributed by atoms with Crippen molar-refractivity contribution in [2.75, 3.05) is 38.5 Å². The van der Waals surface area contributed by atoms with E-state index < -0.39 is 0 Å². The number of aromatic nitrogens is 2. The molecule has 0 fully saturated rings. The van der Waals surface area contributed by atoms with Gasteiger partial charge in [0.2, 0.25) is 5.95 Å². The van der Waals surface area contributed by atoms with Gasteiger partial charge in [-0.3, -0.25) is 4.79 Å². The zero-order valence-corrected chi connectivity index (χ0v) is 20.6. The van der Waals surface area contributed by atoms with Gasteiger partial charge in [-0.25, -0.2) is 9.97 Å². The Morgan fingerprint density at radius 2 is 1.94 bits per heavy atom. The maximum absolute atomic E-state index is 12.4. The lowest BCUT2D eigenvalue weighted by Crippen LogP contribution is -2.27. The number of hydrogen-bond donors (Lipinski definition) is 2. The third-order valence-electron chi connectivity index (χ3n) is 5.32. The second-order valence-corrected chi connectivity index (χ2v) is 8.73. The highest BCUT2D eigenvalue weighted by Crippen LogP contribution is 2.38. The summed E-state index contributed by atoms with van der Waals surface area (Å²) in [5.74, 6) is 0.639. The number of carbonyl (C=O) groups is 1. The molecule has 1 aromatic carbocycles. The molecule has 0 saturated heterocycles. The average molecular weight is 476 g/mol. The SMILES string of the molecule is CCNC(=O)c1cc2c(-c3cc(OCCN(CC)CC)c(Cl)cc3CC)nc(N)nc2s1. The zero-order valence-electron chi connectivity index (χ0n) is 19.0. The molecular weight excluding hydrogens is 446 g/mol. The van der Waals surface area contributed by atoms with Crippen LogP contribution in [0.15, 0.2) is 18.2 Å². The topological polar surface area (TPSA) is 93.4 Å². The number of fused-ring (bicyclic) bond motifs is 1. The lowest BCUT2D eigenvalue weighted by atomic mass is 10.00. The summed E-state index contributed by atoms with van der Waals surface area (Å²) >= 11 is 7.84. The highest BCUT2D eigenvalue weighted by Gasteiger charge is 2.19. The van der Waals surface area contributed by atoms with Gasteiger partial charge in [0.15, 0.2) is 0 Å². The van der Waals surface area contributed by atoms with Crippen molar-refractivity contribution >= 4 is 45.0 Å². The summed E-state index contributed by atoms with van der Waals surface area (Å²) in [5, 5.41) is 4.18. The Labute approximate surface area is 197 Å². The molecule has 0 unspecified atom stereocenters. The smallest absolute Gasteiger partial charge is 0.261 e. The zero-order chi connectivity index (χ0) is 23.3. The number of nitrogens with zero attached hydrogens (tertiary/aromatic N) is 3. The van der Waals surface area contributed by atoms with Crippen LogP contribution in [0.1, 0.15) is 42.9 Å². The van der Waals surface area contributed by atoms with E-state index in [1.165, 1.54) is 11.3 Å².